The van der Waals surface area contributed by atoms with Crippen LogP contribution in [0.5, 0.6) is 23.0 Å². The van der Waals surface area contributed by atoms with Gasteiger partial charge in [0.05, 0.1) is 20.8 Å². The molecular weight excluding hydrogens is 324 g/mol. The maximum absolute atomic E-state index is 11.8. The number of aromatic hydroxyl groups is 2. The van der Waals surface area contributed by atoms with E-state index in [0.717, 1.165) is 5.56 Å². The van der Waals surface area contributed by atoms with Crippen LogP contribution in [0.2, 0.25) is 0 Å². The van der Waals surface area contributed by atoms with Crippen molar-refractivity contribution < 1.29 is 29.2 Å². The van der Waals surface area contributed by atoms with E-state index in [2.05, 4.69) is 0 Å². The standard InChI is InChI=1S/C19H20O6/c1-23-15-5-7-18(24-2)14(12-15)9-10-25-19(22)8-4-13-3-6-16(20)17(21)11-13/h3-8,11-12,20-21H,9-10H2,1-2H3/b8-4+. The lowest BCUT2D eigenvalue weighted by atomic mass is 10.1. The van der Waals surface area contributed by atoms with Gasteiger partial charge in [0, 0.05) is 18.1 Å². The summed E-state index contributed by atoms with van der Waals surface area (Å²) in [5, 5.41) is 18.6. The number of phenolic OH excluding ortho intramolecular Hbond substituents is 2. The molecule has 132 valence electrons. The van der Waals surface area contributed by atoms with Gasteiger partial charge in [0.1, 0.15) is 11.5 Å². The number of benzene rings is 2. The molecule has 0 saturated heterocycles. The largest absolute Gasteiger partial charge is 0.504 e. The Morgan fingerprint density at radius 2 is 1.84 bits per heavy atom. The highest BCUT2D eigenvalue weighted by Gasteiger charge is 2.06. The summed E-state index contributed by atoms with van der Waals surface area (Å²) < 4.78 is 15.6. The minimum Gasteiger partial charge on any atom is -0.504 e. The van der Waals surface area contributed by atoms with E-state index in [0.29, 0.717) is 23.5 Å². The maximum Gasteiger partial charge on any atom is 0.330 e. The first-order valence-corrected chi connectivity index (χ1v) is 7.61. The Balaban J connectivity index is 1.90. The smallest absolute Gasteiger partial charge is 0.330 e. The highest BCUT2D eigenvalue weighted by molar-refractivity contribution is 5.87. The van der Waals surface area contributed by atoms with Gasteiger partial charge in [0.2, 0.25) is 0 Å². The van der Waals surface area contributed by atoms with Crippen LogP contribution in [0.4, 0.5) is 0 Å². The van der Waals surface area contributed by atoms with Crippen LogP contribution in [0, 0.1) is 0 Å². The van der Waals surface area contributed by atoms with E-state index in [4.69, 9.17) is 14.2 Å². The lowest BCUT2D eigenvalue weighted by Gasteiger charge is -2.10. The molecule has 0 aliphatic carbocycles. The SMILES string of the molecule is COc1ccc(OC)c(CCOC(=O)/C=C/c2ccc(O)c(O)c2)c1. The first kappa shape index (κ1) is 18.2. The highest BCUT2D eigenvalue weighted by Crippen LogP contribution is 2.26. The third-order valence-electron chi connectivity index (χ3n) is 3.51. The van der Waals surface area contributed by atoms with E-state index >= 15 is 0 Å². The molecule has 6 nitrogen and oxygen atoms in total. The summed E-state index contributed by atoms with van der Waals surface area (Å²) >= 11 is 0. The zero-order valence-corrected chi connectivity index (χ0v) is 14.1. The van der Waals surface area contributed by atoms with Crippen LogP contribution < -0.4 is 9.47 Å². The lowest BCUT2D eigenvalue weighted by molar-refractivity contribution is -0.137. The number of esters is 1. The summed E-state index contributed by atoms with van der Waals surface area (Å²) in [6.07, 6.45) is 3.24. The molecule has 2 aromatic rings. The fourth-order valence-corrected chi connectivity index (χ4v) is 2.20. The van der Waals surface area contributed by atoms with E-state index in [9.17, 15) is 15.0 Å². The predicted molar refractivity (Wildman–Crippen MR) is 93.0 cm³/mol. The molecule has 0 atom stereocenters. The van der Waals surface area contributed by atoms with E-state index < -0.39 is 5.97 Å². The van der Waals surface area contributed by atoms with Crippen LogP contribution in [0.3, 0.4) is 0 Å². The summed E-state index contributed by atoms with van der Waals surface area (Å²) in [4.78, 5) is 11.8. The molecule has 2 rings (SSSR count). The molecule has 0 amide bonds. The van der Waals surface area contributed by atoms with E-state index in [-0.39, 0.29) is 18.1 Å². The Morgan fingerprint density at radius 3 is 2.52 bits per heavy atom. The molecule has 0 fully saturated rings. The fourth-order valence-electron chi connectivity index (χ4n) is 2.20. The number of hydrogen-bond donors (Lipinski definition) is 2. The van der Waals surface area contributed by atoms with Gasteiger partial charge < -0.3 is 24.4 Å². The second kappa shape index (κ2) is 8.63. The zero-order chi connectivity index (χ0) is 18.2. The van der Waals surface area contributed by atoms with Crippen LogP contribution in [-0.2, 0) is 16.0 Å². The number of carbonyl (C=O) groups excluding carboxylic acids is 1. The van der Waals surface area contributed by atoms with Gasteiger partial charge in [-0.15, -0.1) is 0 Å². The Bertz CT molecular complexity index is 767. The van der Waals surface area contributed by atoms with Gasteiger partial charge in [-0.2, -0.15) is 0 Å². The van der Waals surface area contributed by atoms with Crippen molar-refractivity contribution >= 4 is 12.0 Å². The number of hydrogen-bond acceptors (Lipinski definition) is 6. The van der Waals surface area contributed by atoms with Crippen molar-refractivity contribution in [1.29, 1.82) is 0 Å². The van der Waals surface area contributed by atoms with Crippen molar-refractivity contribution in [3.05, 3.63) is 53.6 Å². The number of rotatable bonds is 7. The van der Waals surface area contributed by atoms with Gasteiger partial charge in [-0.3, -0.25) is 0 Å². The third kappa shape index (κ3) is 5.17. The second-order valence-corrected chi connectivity index (χ2v) is 5.18. The summed E-state index contributed by atoms with van der Waals surface area (Å²) in [6, 6.07) is 9.69. The van der Waals surface area contributed by atoms with Gasteiger partial charge in [0.25, 0.3) is 0 Å². The average molecular weight is 344 g/mol. The minimum atomic E-state index is -0.505. The van der Waals surface area contributed by atoms with Crippen LogP contribution in [0.1, 0.15) is 11.1 Å². The molecule has 2 aromatic carbocycles. The minimum absolute atomic E-state index is 0.188. The molecule has 0 radical (unpaired) electrons. The van der Waals surface area contributed by atoms with Crippen molar-refractivity contribution in [2.45, 2.75) is 6.42 Å². The van der Waals surface area contributed by atoms with E-state index in [1.165, 1.54) is 24.3 Å². The number of methoxy groups -OCH3 is 2. The van der Waals surface area contributed by atoms with Crippen molar-refractivity contribution in [3.63, 3.8) is 0 Å². The fraction of sp³-hybridized carbons (Fsp3) is 0.211. The van der Waals surface area contributed by atoms with Gasteiger partial charge in [-0.1, -0.05) is 6.07 Å². The first-order chi connectivity index (χ1) is 12.0. The summed E-state index contributed by atoms with van der Waals surface area (Å²) in [7, 11) is 3.16. The molecule has 25 heavy (non-hydrogen) atoms. The van der Waals surface area contributed by atoms with Crippen molar-refractivity contribution in [2.75, 3.05) is 20.8 Å². The summed E-state index contributed by atoms with van der Waals surface area (Å²) in [5.74, 6) is 0.433. The van der Waals surface area contributed by atoms with Crippen LogP contribution in [-0.4, -0.2) is 37.0 Å². The van der Waals surface area contributed by atoms with Gasteiger partial charge in [-0.05, 0) is 42.0 Å². The molecule has 0 saturated carbocycles. The monoisotopic (exact) mass is 344 g/mol. The third-order valence-corrected chi connectivity index (χ3v) is 3.51. The predicted octanol–water partition coefficient (Wildman–Crippen LogP) is 2.91. The molecule has 0 aromatic heterocycles. The van der Waals surface area contributed by atoms with Crippen LogP contribution >= 0.6 is 0 Å². The number of carbonyl (C=O) groups is 1. The molecule has 0 aliphatic heterocycles. The molecule has 6 heteroatoms. The molecule has 2 N–H and O–H groups in total. The average Bonchev–Trinajstić information content (AvgIpc) is 2.62. The summed E-state index contributed by atoms with van der Waals surface area (Å²) in [6.45, 7) is 0.188. The number of ether oxygens (including phenoxy) is 3. The van der Waals surface area contributed by atoms with Crippen molar-refractivity contribution in [2.24, 2.45) is 0 Å². The van der Waals surface area contributed by atoms with Crippen molar-refractivity contribution in [3.8, 4) is 23.0 Å². The molecule has 0 spiro atoms. The molecule has 0 unspecified atom stereocenters. The van der Waals surface area contributed by atoms with Crippen LogP contribution in [0.15, 0.2) is 42.5 Å². The Hall–Kier alpha value is -3.15. The van der Waals surface area contributed by atoms with Gasteiger partial charge in [-0.25, -0.2) is 4.79 Å². The number of phenols is 2. The molecule has 0 aliphatic rings. The van der Waals surface area contributed by atoms with Crippen molar-refractivity contribution in [1.82, 2.24) is 0 Å². The van der Waals surface area contributed by atoms with E-state index in [1.54, 1.807) is 32.4 Å². The summed E-state index contributed by atoms with van der Waals surface area (Å²) in [5.41, 5.74) is 1.45. The highest BCUT2D eigenvalue weighted by atomic mass is 16.5. The first-order valence-electron chi connectivity index (χ1n) is 7.61. The quantitative estimate of drug-likeness (QED) is 0.456. The maximum atomic E-state index is 11.8. The molecule has 0 heterocycles. The topological polar surface area (TPSA) is 85.2 Å². The molecule has 0 bridgehead atoms. The normalized spacial score (nSPS) is 10.6. The van der Waals surface area contributed by atoms with Gasteiger partial charge >= 0.3 is 5.97 Å². The lowest BCUT2D eigenvalue weighted by Crippen LogP contribution is -2.05. The van der Waals surface area contributed by atoms with Gasteiger partial charge in [0.15, 0.2) is 11.5 Å². The zero-order valence-electron chi connectivity index (χ0n) is 14.1. The molecular formula is C19H20O6. The van der Waals surface area contributed by atoms with Crippen LogP contribution in [0.25, 0.3) is 6.08 Å². The second-order valence-electron chi connectivity index (χ2n) is 5.18. The van der Waals surface area contributed by atoms with E-state index in [1.807, 2.05) is 6.07 Å². The Kier molecular flexibility index (Phi) is 6.28. The Labute approximate surface area is 145 Å². The Morgan fingerprint density at radius 1 is 1.04 bits per heavy atom.